The fourth-order valence-corrected chi connectivity index (χ4v) is 2.15. The highest BCUT2D eigenvalue weighted by molar-refractivity contribution is 4.90. The van der Waals surface area contributed by atoms with Crippen molar-refractivity contribution in [1.29, 1.82) is 0 Å². The van der Waals surface area contributed by atoms with Gasteiger partial charge in [-0.25, -0.2) is 0 Å². The Morgan fingerprint density at radius 1 is 1.46 bits per heavy atom. The van der Waals surface area contributed by atoms with Crippen LogP contribution in [0.4, 0.5) is 0 Å². The number of aliphatic hydroxyl groups is 1. The van der Waals surface area contributed by atoms with Gasteiger partial charge in [0, 0.05) is 6.54 Å². The zero-order chi connectivity index (χ0) is 9.90. The quantitative estimate of drug-likeness (QED) is 0.654. The van der Waals surface area contributed by atoms with Crippen LogP contribution in [-0.4, -0.2) is 43.3 Å². The van der Waals surface area contributed by atoms with E-state index in [1.165, 1.54) is 19.3 Å². The highest BCUT2D eigenvalue weighted by atomic mass is 16.3. The summed E-state index contributed by atoms with van der Waals surface area (Å²) < 4.78 is 0. The van der Waals surface area contributed by atoms with Crippen molar-refractivity contribution in [1.82, 2.24) is 4.90 Å². The lowest BCUT2D eigenvalue weighted by atomic mass is 9.65. The molecule has 3 N–H and O–H groups in total. The first-order chi connectivity index (χ1) is 6.08. The number of hydrogen-bond acceptors (Lipinski definition) is 3. The summed E-state index contributed by atoms with van der Waals surface area (Å²) in [6.45, 7) is 1.49. The molecule has 0 heterocycles. The lowest BCUT2D eigenvalue weighted by Crippen LogP contribution is -2.42. The molecule has 0 unspecified atom stereocenters. The van der Waals surface area contributed by atoms with Gasteiger partial charge in [0.2, 0.25) is 0 Å². The van der Waals surface area contributed by atoms with Crippen LogP contribution in [0.5, 0.6) is 0 Å². The molecule has 0 amide bonds. The van der Waals surface area contributed by atoms with Gasteiger partial charge in [0.15, 0.2) is 0 Å². The number of nitrogens with two attached hydrogens (primary N) is 1. The smallest absolute Gasteiger partial charge is 0.0672 e. The predicted octanol–water partition coefficient (Wildman–Crippen LogP) is 0.428. The highest BCUT2D eigenvalue weighted by Gasteiger charge is 2.37. The summed E-state index contributed by atoms with van der Waals surface area (Å²) in [5.74, 6) is 0. The molecular weight excluding hydrogens is 164 g/mol. The standard InChI is InChI=1S/C10H22N2O/c1-12(2)7-9(13)6-10(8-11)4-3-5-10/h9,13H,3-8,11H2,1-2H3/t9-/m1/s1. The maximum absolute atomic E-state index is 9.75. The van der Waals surface area contributed by atoms with E-state index in [4.69, 9.17) is 5.73 Å². The van der Waals surface area contributed by atoms with Crippen molar-refractivity contribution in [3.63, 3.8) is 0 Å². The zero-order valence-electron chi connectivity index (χ0n) is 8.79. The van der Waals surface area contributed by atoms with Crippen LogP contribution in [0.25, 0.3) is 0 Å². The van der Waals surface area contributed by atoms with Crippen molar-refractivity contribution in [3.8, 4) is 0 Å². The van der Waals surface area contributed by atoms with Gasteiger partial charge in [0.1, 0.15) is 0 Å². The van der Waals surface area contributed by atoms with Gasteiger partial charge >= 0.3 is 0 Å². The van der Waals surface area contributed by atoms with E-state index in [0.717, 1.165) is 19.5 Å². The minimum absolute atomic E-state index is 0.209. The van der Waals surface area contributed by atoms with Gasteiger partial charge in [-0.05, 0) is 45.3 Å². The molecule has 0 aliphatic heterocycles. The van der Waals surface area contributed by atoms with Crippen molar-refractivity contribution in [2.24, 2.45) is 11.1 Å². The molecule has 0 aromatic rings. The van der Waals surface area contributed by atoms with Gasteiger partial charge in [-0.2, -0.15) is 0 Å². The number of aliphatic hydroxyl groups excluding tert-OH is 1. The Bertz CT molecular complexity index is 149. The summed E-state index contributed by atoms with van der Waals surface area (Å²) >= 11 is 0. The second-order valence-corrected chi connectivity index (χ2v) is 4.68. The van der Waals surface area contributed by atoms with Crippen molar-refractivity contribution in [2.75, 3.05) is 27.2 Å². The summed E-state index contributed by atoms with van der Waals surface area (Å²) in [5, 5.41) is 9.75. The van der Waals surface area contributed by atoms with Gasteiger partial charge in [0.05, 0.1) is 6.10 Å². The van der Waals surface area contributed by atoms with Crippen LogP contribution in [0.2, 0.25) is 0 Å². The number of rotatable bonds is 5. The van der Waals surface area contributed by atoms with E-state index < -0.39 is 0 Å². The first-order valence-corrected chi connectivity index (χ1v) is 5.11. The van der Waals surface area contributed by atoms with Crippen molar-refractivity contribution < 1.29 is 5.11 Å². The zero-order valence-corrected chi connectivity index (χ0v) is 8.79. The molecule has 1 fully saturated rings. The molecule has 13 heavy (non-hydrogen) atoms. The van der Waals surface area contributed by atoms with Gasteiger partial charge < -0.3 is 15.7 Å². The second-order valence-electron chi connectivity index (χ2n) is 4.68. The van der Waals surface area contributed by atoms with Gasteiger partial charge in [-0.3, -0.25) is 0 Å². The minimum atomic E-state index is -0.209. The van der Waals surface area contributed by atoms with E-state index in [-0.39, 0.29) is 11.5 Å². The molecule has 1 aliphatic carbocycles. The van der Waals surface area contributed by atoms with Crippen LogP contribution in [0.15, 0.2) is 0 Å². The average Bonchev–Trinajstić information content (AvgIpc) is 1.95. The molecular formula is C10H22N2O. The van der Waals surface area contributed by atoms with Crippen LogP contribution in [0, 0.1) is 5.41 Å². The third-order valence-corrected chi connectivity index (χ3v) is 3.09. The Morgan fingerprint density at radius 2 is 2.08 bits per heavy atom. The van der Waals surface area contributed by atoms with Gasteiger partial charge in [-0.1, -0.05) is 6.42 Å². The first kappa shape index (κ1) is 11.0. The molecule has 0 aromatic carbocycles. The molecule has 0 spiro atoms. The molecule has 1 rings (SSSR count). The second kappa shape index (κ2) is 4.40. The number of hydrogen-bond donors (Lipinski definition) is 2. The van der Waals surface area contributed by atoms with E-state index >= 15 is 0 Å². The van der Waals surface area contributed by atoms with E-state index in [9.17, 15) is 5.11 Å². The average molecular weight is 186 g/mol. The third-order valence-electron chi connectivity index (χ3n) is 3.09. The van der Waals surface area contributed by atoms with Crippen molar-refractivity contribution in [2.45, 2.75) is 31.8 Å². The lowest BCUT2D eigenvalue weighted by molar-refractivity contribution is 0.0345. The Hall–Kier alpha value is -0.120. The SMILES string of the molecule is CN(C)C[C@H](O)CC1(CN)CCC1. The fraction of sp³-hybridized carbons (Fsp3) is 1.00. The molecule has 1 saturated carbocycles. The maximum atomic E-state index is 9.75. The Kier molecular flexibility index (Phi) is 3.71. The van der Waals surface area contributed by atoms with E-state index in [1.807, 2.05) is 19.0 Å². The molecule has 0 radical (unpaired) electrons. The molecule has 1 aliphatic rings. The minimum Gasteiger partial charge on any atom is -0.392 e. The predicted molar refractivity (Wildman–Crippen MR) is 54.5 cm³/mol. The number of likely N-dealkylation sites (N-methyl/N-ethyl adjacent to an activating group) is 1. The summed E-state index contributed by atoms with van der Waals surface area (Å²) in [7, 11) is 3.97. The summed E-state index contributed by atoms with van der Waals surface area (Å²) in [4.78, 5) is 2.02. The number of nitrogens with zero attached hydrogens (tertiary/aromatic N) is 1. The molecule has 1 atom stereocenters. The first-order valence-electron chi connectivity index (χ1n) is 5.11. The van der Waals surface area contributed by atoms with Crippen molar-refractivity contribution in [3.05, 3.63) is 0 Å². The third kappa shape index (κ3) is 2.93. The molecule has 78 valence electrons. The Balaban J connectivity index is 2.29. The monoisotopic (exact) mass is 186 g/mol. The van der Waals surface area contributed by atoms with Crippen LogP contribution in [0.3, 0.4) is 0 Å². The molecule has 3 nitrogen and oxygen atoms in total. The Labute approximate surface area is 80.9 Å². The van der Waals surface area contributed by atoms with E-state index in [1.54, 1.807) is 0 Å². The summed E-state index contributed by atoms with van der Waals surface area (Å²) in [6, 6.07) is 0. The lowest BCUT2D eigenvalue weighted by Gasteiger charge is -2.42. The highest BCUT2D eigenvalue weighted by Crippen LogP contribution is 2.43. The van der Waals surface area contributed by atoms with Crippen molar-refractivity contribution >= 4 is 0 Å². The molecule has 0 aromatic heterocycles. The van der Waals surface area contributed by atoms with Crippen LogP contribution in [-0.2, 0) is 0 Å². The summed E-state index contributed by atoms with van der Waals surface area (Å²) in [5.41, 5.74) is 6.00. The largest absolute Gasteiger partial charge is 0.392 e. The Morgan fingerprint density at radius 3 is 2.38 bits per heavy atom. The van der Waals surface area contributed by atoms with E-state index in [0.29, 0.717) is 0 Å². The van der Waals surface area contributed by atoms with Crippen LogP contribution >= 0.6 is 0 Å². The molecule has 0 saturated heterocycles. The molecule has 3 heteroatoms. The van der Waals surface area contributed by atoms with Gasteiger partial charge in [0.25, 0.3) is 0 Å². The van der Waals surface area contributed by atoms with Crippen LogP contribution < -0.4 is 5.73 Å². The fourth-order valence-electron chi connectivity index (χ4n) is 2.15. The topological polar surface area (TPSA) is 49.5 Å². The molecule has 0 bridgehead atoms. The maximum Gasteiger partial charge on any atom is 0.0672 e. The van der Waals surface area contributed by atoms with E-state index in [2.05, 4.69) is 0 Å². The van der Waals surface area contributed by atoms with Crippen LogP contribution in [0.1, 0.15) is 25.7 Å². The van der Waals surface area contributed by atoms with Gasteiger partial charge in [-0.15, -0.1) is 0 Å². The summed E-state index contributed by atoms with van der Waals surface area (Å²) in [6.07, 6.45) is 4.36. The normalized spacial score (nSPS) is 22.8.